The Labute approximate surface area is 125 Å². The topological polar surface area (TPSA) is 42.0 Å². The van der Waals surface area contributed by atoms with Gasteiger partial charge in [0, 0.05) is 17.3 Å². The first-order chi connectivity index (χ1) is 10.6. The Kier molecular flexibility index (Phi) is 3.78. The van der Waals surface area contributed by atoms with Crippen molar-refractivity contribution >= 4 is 22.5 Å². The third kappa shape index (κ3) is 3.09. The lowest BCUT2D eigenvalue weighted by Crippen LogP contribution is -2.14. The highest BCUT2D eigenvalue weighted by atomic mass is 19.2. The van der Waals surface area contributed by atoms with Crippen molar-refractivity contribution in [3.8, 4) is 0 Å². The van der Waals surface area contributed by atoms with Crippen molar-refractivity contribution in [2.75, 3.05) is 5.32 Å². The Bertz CT molecular complexity index is 849. The van der Waals surface area contributed by atoms with E-state index >= 15 is 0 Å². The van der Waals surface area contributed by atoms with E-state index in [1.54, 1.807) is 12.3 Å². The van der Waals surface area contributed by atoms with Gasteiger partial charge in [-0.2, -0.15) is 0 Å². The zero-order valence-electron chi connectivity index (χ0n) is 11.5. The summed E-state index contributed by atoms with van der Waals surface area (Å²) in [6.07, 6.45) is 1.67. The smallest absolute Gasteiger partial charge is 0.228 e. The molecular formula is C17H12F2N2O. The highest BCUT2D eigenvalue weighted by Gasteiger charge is 2.08. The highest BCUT2D eigenvalue weighted by molar-refractivity contribution is 5.94. The second-order valence-electron chi connectivity index (χ2n) is 4.88. The number of benzene rings is 2. The van der Waals surface area contributed by atoms with Crippen LogP contribution >= 0.6 is 0 Å². The van der Waals surface area contributed by atoms with Gasteiger partial charge in [0.15, 0.2) is 11.6 Å². The summed E-state index contributed by atoms with van der Waals surface area (Å²) in [6, 6.07) is 12.5. The molecule has 0 atom stereocenters. The number of nitrogens with zero attached hydrogens (tertiary/aromatic N) is 1. The Balaban J connectivity index is 1.73. The van der Waals surface area contributed by atoms with Gasteiger partial charge in [-0.05, 0) is 42.0 Å². The molecule has 2 aromatic carbocycles. The minimum Gasteiger partial charge on any atom is -0.326 e. The molecule has 0 bridgehead atoms. The fourth-order valence-electron chi connectivity index (χ4n) is 2.19. The Morgan fingerprint density at radius 1 is 1.05 bits per heavy atom. The molecule has 0 saturated heterocycles. The van der Waals surface area contributed by atoms with E-state index in [0.717, 1.165) is 23.0 Å². The molecule has 1 aromatic heterocycles. The number of fused-ring (bicyclic) bond motifs is 1. The van der Waals surface area contributed by atoms with Gasteiger partial charge in [0.2, 0.25) is 5.91 Å². The fourth-order valence-corrected chi connectivity index (χ4v) is 2.19. The van der Waals surface area contributed by atoms with E-state index in [2.05, 4.69) is 10.3 Å². The number of pyridine rings is 1. The lowest BCUT2D eigenvalue weighted by molar-refractivity contribution is -0.115. The molecule has 3 nitrogen and oxygen atoms in total. The van der Waals surface area contributed by atoms with Gasteiger partial charge in [0.1, 0.15) is 0 Å². The van der Waals surface area contributed by atoms with Gasteiger partial charge in [-0.15, -0.1) is 0 Å². The van der Waals surface area contributed by atoms with Crippen molar-refractivity contribution in [1.29, 1.82) is 0 Å². The van der Waals surface area contributed by atoms with Gasteiger partial charge in [-0.1, -0.05) is 12.1 Å². The minimum absolute atomic E-state index is 0.0255. The molecule has 110 valence electrons. The number of carbonyl (C=O) groups excluding carboxylic acids is 1. The van der Waals surface area contributed by atoms with E-state index in [4.69, 9.17) is 0 Å². The summed E-state index contributed by atoms with van der Waals surface area (Å²) in [6.45, 7) is 0. The van der Waals surface area contributed by atoms with Gasteiger partial charge < -0.3 is 5.32 Å². The fraction of sp³-hybridized carbons (Fsp3) is 0.0588. The van der Waals surface area contributed by atoms with Crippen molar-refractivity contribution in [3.05, 3.63) is 71.9 Å². The third-order valence-electron chi connectivity index (χ3n) is 3.24. The number of hydrogen-bond donors (Lipinski definition) is 1. The first-order valence-corrected chi connectivity index (χ1v) is 6.70. The van der Waals surface area contributed by atoms with E-state index in [1.807, 2.05) is 24.3 Å². The Morgan fingerprint density at radius 3 is 2.73 bits per heavy atom. The van der Waals surface area contributed by atoms with Crippen LogP contribution in [-0.4, -0.2) is 10.9 Å². The van der Waals surface area contributed by atoms with Crippen LogP contribution in [0.2, 0.25) is 0 Å². The number of nitrogens with one attached hydrogen (secondary N) is 1. The van der Waals surface area contributed by atoms with Gasteiger partial charge >= 0.3 is 0 Å². The zero-order valence-corrected chi connectivity index (χ0v) is 11.5. The summed E-state index contributed by atoms with van der Waals surface area (Å²) >= 11 is 0. The maximum Gasteiger partial charge on any atom is 0.228 e. The largest absolute Gasteiger partial charge is 0.326 e. The van der Waals surface area contributed by atoms with Crippen molar-refractivity contribution in [3.63, 3.8) is 0 Å². The molecule has 0 aliphatic rings. The van der Waals surface area contributed by atoms with Gasteiger partial charge in [-0.25, -0.2) is 8.78 Å². The summed E-state index contributed by atoms with van der Waals surface area (Å²) in [5.41, 5.74) is 1.88. The first-order valence-electron chi connectivity index (χ1n) is 6.70. The van der Waals surface area contributed by atoms with Crippen molar-refractivity contribution in [2.45, 2.75) is 6.42 Å². The van der Waals surface area contributed by atoms with Crippen molar-refractivity contribution in [1.82, 2.24) is 4.98 Å². The van der Waals surface area contributed by atoms with Crippen LogP contribution in [-0.2, 0) is 11.2 Å². The lowest BCUT2D eigenvalue weighted by atomic mass is 10.1. The molecule has 0 saturated carbocycles. The molecule has 0 radical (unpaired) electrons. The molecule has 0 unspecified atom stereocenters. The predicted molar refractivity (Wildman–Crippen MR) is 80.4 cm³/mol. The van der Waals surface area contributed by atoms with Crippen LogP contribution in [0.3, 0.4) is 0 Å². The molecule has 1 N–H and O–H groups in total. The maximum absolute atomic E-state index is 13.1. The summed E-state index contributed by atoms with van der Waals surface area (Å²) in [7, 11) is 0. The minimum atomic E-state index is -0.956. The van der Waals surface area contributed by atoms with Gasteiger partial charge in [0.05, 0.1) is 11.9 Å². The molecule has 3 aromatic rings. The van der Waals surface area contributed by atoms with Gasteiger partial charge in [-0.3, -0.25) is 9.78 Å². The standard InChI is InChI=1S/C17H12F2N2O/c18-14-5-3-11(8-15(14)19)9-17(22)21-13-4-6-16-12(10-13)2-1-7-20-16/h1-8,10H,9H2,(H,21,22). The molecule has 3 rings (SSSR count). The maximum atomic E-state index is 13.1. The van der Waals surface area contributed by atoms with Crippen LogP contribution in [0.1, 0.15) is 5.56 Å². The second-order valence-corrected chi connectivity index (χ2v) is 4.88. The highest BCUT2D eigenvalue weighted by Crippen LogP contribution is 2.17. The second kappa shape index (κ2) is 5.89. The summed E-state index contributed by atoms with van der Waals surface area (Å²) in [5, 5.41) is 3.64. The van der Waals surface area contributed by atoms with Crippen LogP contribution in [0.4, 0.5) is 14.5 Å². The molecule has 0 aliphatic carbocycles. The Morgan fingerprint density at radius 2 is 1.91 bits per heavy atom. The predicted octanol–water partition coefficient (Wildman–Crippen LogP) is 3.69. The number of rotatable bonds is 3. The quantitative estimate of drug-likeness (QED) is 0.801. The van der Waals surface area contributed by atoms with Crippen LogP contribution in [0.25, 0.3) is 10.9 Å². The summed E-state index contributed by atoms with van der Waals surface area (Å²) in [5.74, 6) is -2.18. The third-order valence-corrected chi connectivity index (χ3v) is 3.24. The molecule has 0 spiro atoms. The number of amides is 1. The number of hydrogen-bond acceptors (Lipinski definition) is 2. The number of halogens is 2. The molecule has 1 heterocycles. The van der Waals surface area contributed by atoms with Crippen LogP contribution in [0, 0.1) is 11.6 Å². The average Bonchev–Trinajstić information content (AvgIpc) is 2.51. The Hall–Kier alpha value is -2.82. The molecule has 22 heavy (non-hydrogen) atoms. The van der Waals surface area contributed by atoms with E-state index in [9.17, 15) is 13.6 Å². The molecule has 5 heteroatoms. The van der Waals surface area contributed by atoms with E-state index < -0.39 is 11.6 Å². The number of carbonyl (C=O) groups is 1. The molecular weight excluding hydrogens is 286 g/mol. The van der Waals surface area contributed by atoms with E-state index in [1.165, 1.54) is 6.07 Å². The normalized spacial score (nSPS) is 10.6. The lowest BCUT2D eigenvalue weighted by Gasteiger charge is -2.07. The van der Waals surface area contributed by atoms with E-state index in [-0.39, 0.29) is 12.3 Å². The van der Waals surface area contributed by atoms with E-state index in [0.29, 0.717) is 11.3 Å². The van der Waals surface area contributed by atoms with Crippen LogP contribution in [0.5, 0.6) is 0 Å². The van der Waals surface area contributed by atoms with Crippen molar-refractivity contribution < 1.29 is 13.6 Å². The van der Waals surface area contributed by atoms with Crippen LogP contribution < -0.4 is 5.32 Å². The number of aromatic nitrogens is 1. The van der Waals surface area contributed by atoms with Gasteiger partial charge in [0.25, 0.3) is 0 Å². The van der Waals surface area contributed by atoms with Crippen molar-refractivity contribution in [2.24, 2.45) is 0 Å². The average molecular weight is 298 g/mol. The zero-order chi connectivity index (χ0) is 15.5. The molecule has 1 amide bonds. The molecule has 0 aliphatic heterocycles. The summed E-state index contributed by atoms with van der Waals surface area (Å²) in [4.78, 5) is 16.2. The monoisotopic (exact) mass is 298 g/mol. The van der Waals surface area contributed by atoms with Crippen LogP contribution in [0.15, 0.2) is 54.7 Å². The summed E-state index contributed by atoms with van der Waals surface area (Å²) < 4.78 is 26.0. The number of anilines is 1. The SMILES string of the molecule is O=C(Cc1ccc(F)c(F)c1)Nc1ccc2ncccc2c1. The molecule has 0 fully saturated rings. The first kappa shape index (κ1) is 14.1.